The highest BCUT2D eigenvalue weighted by Gasteiger charge is 2.36. The van der Waals surface area contributed by atoms with E-state index in [1.165, 1.54) is 92.8 Å². The summed E-state index contributed by atoms with van der Waals surface area (Å²) in [5, 5.41) is 13.1. The van der Waals surface area contributed by atoms with E-state index >= 15 is 0 Å². The molecule has 0 saturated carbocycles. The third-order valence-electron chi connectivity index (χ3n) is 10.3. The Bertz CT molecular complexity index is 2670. The summed E-state index contributed by atoms with van der Waals surface area (Å²) in [5.41, 5.74) is 9.17. The van der Waals surface area contributed by atoms with E-state index < -0.39 is 0 Å². The van der Waals surface area contributed by atoms with Crippen LogP contribution in [0.25, 0.3) is 81.7 Å². The molecule has 0 unspecified atom stereocenters. The second-order valence-corrected chi connectivity index (χ2v) is 12.9. The Morgan fingerprint density at radius 3 is 1.91 bits per heavy atom. The monoisotopic (exact) mass is 559 g/mol. The van der Waals surface area contributed by atoms with Crippen LogP contribution in [-0.2, 0) is 5.41 Å². The second kappa shape index (κ2) is 8.36. The lowest BCUT2D eigenvalue weighted by atomic mass is 9.82. The van der Waals surface area contributed by atoms with E-state index in [0.717, 1.165) is 0 Å². The number of fused-ring (bicyclic) bond motifs is 14. The molecule has 10 rings (SSSR count). The maximum absolute atomic E-state index is 2.50. The summed E-state index contributed by atoms with van der Waals surface area (Å²) in [4.78, 5) is 0. The van der Waals surface area contributed by atoms with E-state index in [1.807, 2.05) is 0 Å². The number of aromatic nitrogens is 1. The Morgan fingerprint density at radius 2 is 1.07 bits per heavy atom. The van der Waals surface area contributed by atoms with Crippen molar-refractivity contribution < 1.29 is 0 Å². The number of rotatable bonds is 1. The quantitative estimate of drug-likeness (QED) is 0.176. The lowest BCUT2D eigenvalue weighted by Crippen LogP contribution is -2.14. The van der Waals surface area contributed by atoms with Crippen LogP contribution in [0.2, 0.25) is 0 Å². The van der Waals surface area contributed by atoms with Gasteiger partial charge in [-0.15, -0.1) is 0 Å². The number of para-hydroxylation sites is 1. The van der Waals surface area contributed by atoms with Crippen molar-refractivity contribution in [3.05, 3.63) is 151 Å². The minimum absolute atomic E-state index is 0.0614. The van der Waals surface area contributed by atoms with Crippen molar-refractivity contribution in [1.29, 1.82) is 0 Å². The average Bonchev–Trinajstić information content (AvgIpc) is 3.50. The molecule has 1 aliphatic carbocycles. The van der Waals surface area contributed by atoms with Crippen LogP contribution in [0.15, 0.2) is 140 Å². The van der Waals surface area contributed by atoms with Crippen LogP contribution in [0.5, 0.6) is 0 Å². The normalized spacial score (nSPS) is 13.9. The average molecular weight is 560 g/mol. The highest BCUT2D eigenvalue weighted by molar-refractivity contribution is 6.33. The molecule has 1 heterocycles. The van der Waals surface area contributed by atoms with Gasteiger partial charge in [0.1, 0.15) is 0 Å². The molecule has 44 heavy (non-hydrogen) atoms. The second-order valence-electron chi connectivity index (χ2n) is 12.9. The Morgan fingerprint density at radius 1 is 0.409 bits per heavy atom. The predicted octanol–water partition coefficient (Wildman–Crippen LogP) is 11.7. The van der Waals surface area contributed by atoms with Gasteiger partial charge in [-0.25, -0.2) is 0 Å². The van der Waals surface area contributed by atoms with Crippen LogP contribution in [0.3, 0.4) is 0 Å². The van der Waals surface area contributed by atoms with Crippen molar-refractivity contribution >= 4 is 64.9 Å². The molecule has 0 aliphatic heterocycles. The molecule has 0 bridgehead atoms. The van der Waals surface area contributed by atoms with Crippen molar-refractivity contribution in [3.63, 3.8) is 0 Å². The summed E-state index contributed by atoms with van der Waals surface area (Å²) in [5.74, 6) is 0. The molecule has 1 aromatic heterocycles. The minimum Gasteiger partial charge on any atom is -0.309 e. The summed E-state index contributed by atoms with van der Waals surface area (Å²) >= 11 is 0. The lowest BCUT2D eigenvalue weighted by molar-refractivity contribution is 0.661. The standard InChI is InChI=1S/C43H29N/c1-43(2)38-19-11-10-18-31(38)34-23-36-35-22-33-30-17-9-8-16-29(30)32-21-20-26-12-6-7-15-28(26)42(32)37(33)24-40(35)44(41(36)25-39(34)43)27-13-4-3-5-14-27/h3-25H,1-2H3. The van der Waals surface area contributed by atoms with Gasteiger partial charge in [0.05, 0.1) is 11.0 Å². The predicted molar refractivity (Wildman–Crippen MR) is 188 cm³/mol. The van der Waals surface area contributed by atoms with Gasteiger partial charge in [0.2, 0.25) is 0 Å². The van der Waals surface area contributed by atoms with Crippen molar-refractivity contribution in [2.24, 2.45) is 0 Å². The third kappa shape index (κ3) is 2.99. The molecule has 0 radical (unpaired) electrons. The van der Waals surface area contributed by atoms with Crippen LogP contribution >= 0.6 is 0 Å². The van der Waals surface area contributed by atoms with E-state index in [0.29, 0.717) is 0 Å². The molecule has 0 atom stereocenters. The molecule has 0 saturated heterocycles. The molecule has 206 valence electrons. The fourth-order valence-electron chi connectivity index (χ4n) is 8.28. The fourth-order valence-corrected chi connectivity index (χ4v) is 8.28. The van der Waals surface area contributed by atoms with Crippen molar-refractivity contribution in [2.45, 2.75) is 19.3 Å². The zero-order chi connectivity index (χ0) is 29.2. The van der Waals surface area contributed by atoms with Crippen LogP contribution in [-0.4, -0.2) is 4.57 Å². The van der Waals surface area contributed by atoms with E-state index in [2.05, 4.69) is 158 Å². The molecule has 9 aromatic rings. The first-order valence-corrected chi connectivity index (χ1v) is 15.5. The Hall–Kier alpha value is -5.40. The van der Waals surface area contributed by atoms with Crippen LogP contribution in [0.4, 0.5) is 0 Å². The van der Waals surface area contributed by atoms with Gasteiger partial charge in [0.15, 0.2) is 0 Å². The summed E-state index contributed by atoms with van der Waals surface area (Å²) in [6.07, 6.45) is 0. The molecule has 1 nitrogen and oxygen atoms in total. The van der Waals surface area contributed by atoms with Crippen molar-refractivity contribution in [3.8, 4) is 16.8 Å². The van der Waals surface area contributed by atoms with Crippen LogP contribution < -0.4 is 0 Å². The van der Waals surface area contributed by atoms with E-state index in [4.69, 9.17) is 0 Å². The summed E-state index contributed by atoms with van der Waals surface area (Å²) in [6.45, 7) is 4.74. The number of benzene rings is 8. The molecule has 0 spiro atoms. The summed E-state index contributed by atoms with van der Waals surface area (Å²) in [7, 11) is 0. The smallest absolute Gasteiger partial charge is 0.0547 e. The molecule has 1 heteroatoms. The molecule has 0 fully saturated rings. The number of nitrogens with zero attached hydrogens (tertiary/aromatic N) is 1. The number of hydrogen-bond donors (Lipinski definition) is 0. The largest absolute Gasteiger partial charge is 0.309 e. The molecule has 0 amide bonds. The zero-order valence-electron chi connectivity index (χ0n) is 24.7. The first-order chi connectivity index (χ1) is 21.6. The zero-order valence-corrected chi connectivity index (χ0v) is 24.7. The van der Waals surface area contributed by atoms with Gasteiger partial charge in [-0.05, 0) is 102 Å². The topological polar surface area (TPSA) is 4.93 Å². The minimum atomic E-state index is -0.0614. The highest BCUT2D eigenvalue weighted by Crippen LogP contribution is 2.51. The van der Waals surface area contributed by atoms with E-state index in [-0.39, 0.29) is 5.41 Å². The van der Waals surface area contributed by atoms with Gasteiger partial charge < -0.3 is 4.57 Å². The van der Waals surface area contributed by atoms with Crippen LogP contribution in [0.1, 0.15) is 25.0 Å². The van der Waals surface area contributed by atoms with Gasteiger partial charge >= 0.3 is 0 Å². The Balaban J connectivity index is 1.46. The van der Waals surface area contributed by atoms with Crippen molar-refractivity contribution in [1.82, 2.24) is 4.57 Å². The Labute approximate surface area is 255 Å². The highest BCUT2D eigenvalue weighted by atomic mass is 15.0. The maximum atomic E-state index is 2.50. The molecule has 0 N–H and O–H groups in total. The number of hydrogen-bond acceptors (Lipinski definition) is 0. The lowest BCUT2D eigenvalue weighted by Gasteiger charge is -2.21. The molecular formula is C43H29N. The van der Waals surface area contributed by atoms with Gasteiger partial charge in [0.25, 0.3) is 0 Å². The van der Waals surface area contributed by atoms with E-state index in [1.54, 1.807) is 0 Å². The molecule has 1 aliphatic rings. The molecular weight excluding hydrogens is 530 g/mol. The summed E-state index contributed by atoms with van der Waals surface area (Å²) < 4.78 is 2.50. The maximum Gasteiger partial charge on any atom is 0.0547 e. The van der Waals surface area contributed by atoms with Gasteiger partial charge in [-0.2, -0.15) is 0 Å². The SMILES string of the molecule is CC1(C)c2ccccc2-c2cc3c4cc5c6ccccc6c6ccc7ccccc7c6c5cc4n(-c4ccccc4)c3cc21. The third-order valence-corrected chi connectivity index (χ3v) is 10.3. The summed E-state index contributed by atoms with van der Waals surface area (Å²) in [6, 6.07) is 52.1. The fraction of sp³-hybridized carbons (Fsp3) is 0.0698. The first kappa shape index (κ1) is 24.1. The Kier molecular flexibility index (Phi) is 4.58. The van der Waals surface area contributed by atoms with Crippen LogP contribution in [0, 0.1) is 0 Å². The molecule has 8 aromatic carbocycles. The van der Waals surface area contributed by atoms with Gasteiger partial charge in [-0.3, -0.25) is 0 Å². The van der Waals surface area contributed by atoms with Gasteiger partial charge in [-0.1, -0.05) is 117 Å². The first-order valence-electron chi connectivity index (χ1n) is 15.5. The van der Waals surface area contributed by atoms with E-state index in [9.17, 15) is 0 Å². The van der Waals surface area contributed by atoms with Gasteiger partial charge in [0, 0.05) is 21.9 Å². The van der Waals surface area contributed by atoms with Crippen molar-refractivity contribution in [2.75, 3.05) is 0 Å².